The van der Waals surface area contributed by atoms with Gasteiger partial charge in [-0.1, -0.05) is 47.7 Å². The molecule has 0 bridgehead atoms. The van der Waals surface area contributed by atoms with E-state index >= 15 is 0 Å². The lowest BCUT2D eigenvalue weighted by Crippen LogP contribution is -2.32. The lowest BCUT2D eigenvalue weighted by Gasteiger charge is -2.19. The molecule has 0 aliphatic carbocycles. The van der Waals surface area contributed by atoms with Crippen molar-refractivity contribution in [3.63, 3.8) is 0 Å². The Hall–Kier alpha value is -2.31. The largest absolute Gasteiger partial charge is 0.391 e. The van der Waals surface area contributed by atoms with Gasteiger partial charge < -0.3 is 10.4 Å². The summed E-state index contributed by atoms with van der Waals surface area (Å²) in [5.41, 5.74) is 1.91. The van der Waals surface area contributed by atoms with Crippen molar-refractivity contribution in [2.24, 2.45) is 0 Å². The summed E-state index contributed by atoms with van der Waals surface area (Å²) in [6.45, 7) is 1.94. The van der Waals surface area contributed by atoms with Crippen molar-refractivity contribution in [3.8, 4) is 10.7 Å². The fourth-order valence-corrected chi connectivity index (χ4v) is 3.01. The monoisotopic (exact) mass is 326 g/mol. The predicted octanol–water partition coefficient (Wildman–Crippen LogP) is 3.00. The summed E-state index contributed by atoms with van der Waals surface area (Å²) in [5, 5.41) is 23.3. The first kappa shape index (κ1) is 15.6. The Balaban J connectivity index is 1.62. The predicted molar refractivity (Wildman–Crippen MR) is 92.4 cm³/mol. The number of aliphatic hydroxyl groups excluding tert-OH is 1. The smallest absolute Gasteiger partial charge is 0.206 e. The van der Waals surface area contributed by atoms with Gasteiger partial charge in [0.05, 0.1) is 12.1 Å². The molecule has 0 aliphatic rings. The second-order valence-corrected chi connectivity index (χ2v) is 6.29. The first-order valence-corrected chi connectivity index (χ1v) is 8.27. The van der Waals surface area contributed by atoms with Gasteiger partial charge in [0.15, 0.2) is 5.01 Å². The number of hydrogen-bond acceptors (Lipinski definition) is 6. The molecular formula is C17H18N4OS. The number of aliphatic hydroxyl groups is 1. The number of pyridine rings is 1. The zero-order chi connectivity index (χ0) is 16.1. The molecule has 1 aromatic carbocycles. The maximum Gasteiger partial charge on any atom is 0.206 e. The van der Waals surface area contributed by atoms with E-state index in [1.807, 2.05) is 55.5 Å². The normalized spacial score (nSPS) is 13.5. The first-order valence-electron chi connectivity index (χ1n) is 7.46. The summed E-state index contributed by atoms with van der Waals surface area (Å²) in [5.74, 6) is 0. The van der Waals surface area contributed by atoms with Crippen LogP contribution < -0.4 is 5.32 Å². The Morgan fingerprint density at radius 2 is 1.87 bits per heavy atom. The van der Waals surface area contributed by atoms with Crippen LogP contribution in [-0.4, -0.2) is 32.4 Å². The second kappa shape index (κ2) is 7.30. The number of benzene rings is 1. The molecule has 23 heavy (non-hydrogen) atoms. The molecule has 0 saturated carbocycles. The van der Waals surface area contributed by atoms with Crippen LogP contribution in [0.1, 0.15) is 12.5 Å². The summed E-state index contributed by atoms with van der Waals surface area (Å²) < 4.78 is 0. The molecule has 5 nitrogen and oxygen atoms in total. The van der Waals surface area contributed by atoms with E-state index in [-0.39, 0.29) is 6.04 Å². The summed E-state index contributed by atoms with van der Waals surface area (Å²) in [6, 6.07) is 15.5. The number of nitrogens with one attached hydrogen (secondary N) is 1. The molecule has 6 heteroatoms. The molecule has 0 radical (unpaired) electrons. The van der Waals surface area contributed by atoms with Gasteiger partial charge >= 0.3 is 0 Å². The Kier molecular flexibility index (Phi) is 4.95. The van der Waals surface area contributed by atoms with Crippen molar-refractivity contribution in [3.05, 3.63) is 60.3 Å². The average molecular weight is 326 g/mol. The Morgan fingerprint density at radius 1 is 1.09 bits per heavy atom. The number of anilines is 1. The van der Waals surface area contributed by atoms with Crippen LogP contribution in [0.3, 0.4) is 0 Å². The van der Waals surface area contributed by atoms with Gasteiger partial charge in [0, 0.05) is 12.6 Å². The molecule has 2 heterocycles. The standard InChI is InChI=1S/C17H18N4OS/c1-12(15(22)11-13-7-3-2-4-8-13)19-17-21-20-16(23-17)14-9-5-6-10-18-14/h2-10,12,15,22H,11H2,1H3,(H,19,21)/t12-,15+/m1/s1. The lowest BCUT2D eigenvalue weighted by molar-refractivity contribution is 0.158. The van der Waals surface area contributed by atoms with E-state index in [4.69, 9.17) is 0 Å². The first-order chi connectivity index (χ1) is 11.2. The molecule has 0 aliphatic heterocycles. The Morgan fingerprint density at radius 3 is 2.61 bits per heavy atom. The van der Waals surface area contributed by atoms with Crippen LogP contribution in [0.15, 0.2) is 54.7 Å². The fraction of sp³-hybridized carbons (Fsp3) is 0.235. The number of aromatic nitrogens is 3. The van der Waals surface area contributed by atoms with E-state index in [9.17, 15) is 5.11 Å². The Bertz CT molecular complexity index is 733. The van der Waals surface area contributed by atoms with E-state index in [2.05, 4.69) is 20.5 Å². The third kappa shape index (κ3) is 4.12. The maximum atomic E-state index is 10.3. The Labute approximate surface area is 139 Å². The fourth-order valence-electron chi connectivity index (χ4n) is 2.20. The zero-order valence-electron chi connectivity index (χ0n) is 12.8. The van der Waals surface area contributed by atoms with Crippen LogP contribution in [-0.2, 0) is 6.42 Å². The van der Waals surface area contributed by atoms with Gasteiger partial charge in [0.2, 0.25) is 5.13 Å². The van der Waals surface area contributed by atoms with Crippen molar-refractivity contribution < 1.29 is 5.11 Å². The van der Waals surface area contributed by atoms with Crippen molar-refractivity contribution >= 4 is 16.5 Å². The van der Waals surface area contributed by atoms with Crippen LogP contribution in [0.2, 0.25) is 0 Å². The third-order valence-electron chi connectivity index (χ3n) is 3.52. The minimum absolute atomic E-state index is 0.125. The summed E-state index contributed by atoms with van der Waals surface area (Å²) in [7, 11) is 0. The molecule has 0 amide bonds. The highest BCUT2D eigenvalue weighted by Crippen LogP contribution is 2.25. The molecule has 118 valence electrons. The molecule has 2 aromatic heterocycles. The van der Waals surface area contributed by atoms with E-state index in [0.29, 0.717) is 11.6 Å². The van der Waals surface area contributed by atoms with Gasteiger partial charge in [-0.05, 0) is 24.6 Å². The number of rotatable bonds is 6. The summed E-state index contributed by atoms with van der Waals surface area (Å²) in [4.78, 5) is 4.26. The quantitative estimate of drug-likeness (QED) is 0.728. The third-order valence-corrected chi connectivity index (χ3v) is 4.40. The molecule has 0 fully saturated rings. The summed E-state index contributed by atoms with van der Waals surface area (Å²) in [6.07, 6.45) is 1.83. The van der Waals surface area contributed by atoms with E-state index in [1.165, 1.54) is 11.3 Å². The SMILES string of the molecule is C[C@@H](Nc1nnc(-c2ccccn2)s1)[C@@H](O)Cc1ccccc1. The van der Waals surface area contributed by atoms with Crippen LogP contribution in [0, 0.1) is 0 Å². The average Bonchev–Trinajstić information content (AvgIpc) is 3.05. The van der Waals surface area contributed by atoms with Gasteiger partial charge in [-0.2, -0.15) is 0 Å². The highest BCUT2D eigenvalue weighted by Gasteiger charge is 2.17. The van der Waals surface area contributed by atoms with Gasteiger partial charge in [-0.25, -0.2) is 0 Å². The van der Waals surface area contributed by atoms with Crippen molar-refractivity contribution in [2.45, 2.75) is 25.5 Å². The van der Waals surface area contributed by atoms with Crippen LogP contribution >= 0.6 is 11.3 Å². The number of hydrogen-bond donors (Lipinski definition) is 2. The molecule has 0 spiro atoms. The van der Waals surface area contributed by atoms with E-state index in [1.54, 1.807) is 6.20 Å². The zero-order valence-corrected chi connectivity index (χ0v) is 13.6. The van der Waals surface area contributed by atoms with Gasteiger partial charge in [-0.3, -0.25) is 4.98 Å². The van der Waals surface area contributed by atoms with Crippen LogP contribution in [0.4, 0.5) is 5.13 Å². The highest BCUT2D eigenvalue weighted by molar-refractivity contribution is 7.18. The van der Waals surface area contributed by atoms with Crippen LogP contribution in [0.25, 0.3) is 10.7 Å². The molecule has 3 rings (SSSR count). The molecule has 2 N–H and O–H groups in total. The van der Waals surface area contributed by atoms with Crippen molar-refractivity contribution in [1.82, 2.24) is 15.2 Å². The molecule has 2 atom stereocenters. The molecular weight excluding hydrogens is 308 g/mol. The lowest BCUT2D eigenvalue weighted by atomic mass is 10.0. The minimum Gasteiger partial charge on any atom is -0.391 e. The second-order valence-electron chi connectivity index (χ2n) is 5.32. The molecule has 0 unspecified atom stereocenters. The van der Waals surface area contributed by atoms with E-state index < -0.39 is 6.10 Å². The van der Waals surface area contributed by atoms with Gasteiger partial charge in [0.25, 0.3) is 0 Å². The topological polar surface area (TPSA) is 70.9 Å². The maximum absolute atomic E-state index is 10.3. The molecule has 0 saturated heterocycles. The van der Waals surface area contributed by atoms with Crippen LogP contribution in [0.5, 0.6) is 0 Å². The minimum atomic E-state index is -0.500. The van der Waals surface area contributed by atoms with E-state index in [0.717, 1.165) is 16.3 Å². The van der Waals surface area contributed by atoms with Crippen molar-refractivity contribution in [2.75, 3.05) is 5.32 Å². The van der Waals surface area contributed by atoms with Gasteiger partial charge in [0.1, 0.15) is 5.69 Å². The van der Waals surface area contributed by atoms with Gasteiger partial charge in [-0.15, -0.1) is 10.2 Å². The summed E-state index contributed by atoms with van der Waals surface area (Å²) >= 11 is 1.43. The number of nitrogens with zero attached hydrogens (tertiary/aromatic N) is 3. The molecule has 3 aromatic rings. The highest BCUT2D eigenvalue weighted by atomic mass is 32.1. The van der Waals surface area contributed by atoms with Crippen molar-refractivity contribution in [1.29, 1.82) is 0 Å².